The molecule has 1 aromatic rings. The Morgan fingerprint density at radius 1 is 1.20 bits per heavy atom. The van der Waals surface area contributed by atoms with E-state index in [0.717, 1.165) is 0 Å². The van der Waals surface area contributed by atoms with E-state index in [1.807, 2.05) is 26.8 Å². The normalized spacial score (nSPS) is 11.2. The third-order valence-corrected chi connectivity index (χ3v) is 2.55. The maximum absolute atomic E-state index is 12.2. The Labute approximate surface area is 119 Å². The van der Waals surface area contributed by atoms with Gasteiger partial charge in [0, 0.05) is 12.2 Å². The molecule has 0 aliphatic rings. The molecule has 1 amide bonds. The third-order valence-electron chi connectivity index (χ3n) is 2.55. The average Bonchev–Trinajstić information content (AvgIpc) is 2.36. The maximum Gasteiger partial charge on any atom is 0.305 e. The second-order valence-electron chi connectivity index (χ2n) is 5.43. The summed E-state index contributed by atoms with van der Waals surface area (Å²) in [7, 11) is 0. The van der Waals surface area contributed by atoms with E-state index in [2.05, 4.69) is 0 Å². The molecule has 1 N–H and O–H groups in total. The molecule has 0 radical (unpaired) electrons. The zero-order valence-corrected chi connectivity index (χ0v) is 12.1. The van der Waals surface area contributed by atoms with Crippen molar-refractivity contribution in [3.8, 4) is 0 Å². The SMILES string of the molecule is CC(C)(C)OCC(=O)N(CCC(=O)O)c1ccccc1. The topological polar surface area (TPSA) is 66.8 Å². The monoisotopic (exact) mass is 279 g/mol. The van der Waals surface area contributed by atoms with Crippen LogP contribution in [-0.2, 0) is 14.3 Å². The van der Waals surface area contributed by atoms with E-state index in [1.54, 1.807) is 24.3 Å². The van der Waals surface area contributed by atoms with Gasteiger partial charge in [-0.3, -0.25) is 9.59 Å². The standard InChI is InChI=1S/C15H21NO4/c1-15(2,3)20-11-13(17)16(10-9-14(18)19)12-7-5-4-6-8-12/h4-8H,9-11H2,1-3H3,(H,18,19). The third kappa shape index (κ3) is 5.84. The van der Waals surface area contributed by atoms with Crippen LogP contribution in [0.25, 0.3) is 0 Å². The summed E-state index contributed by atoms with van der Waals surface area (Å²) in [5.74, 6) is -1.18. The van der Waals surface area contributed by atoms with Crippen molar-refractivity contribution < 1.29 is 19.4 Å². The van der Waals surface area contributed by atoms with E-state index in [9.17, 15) is 9.59 Å². The highest BCUT2D eigenvalue weighted by Crippen LogP contribution is 2.15. The first-order valence-corrected chi connectivity index (χ1v) is 6.51. The predicted molar refractivity (Wildman–Crippen MR) is 76.8 cm³/mol. The maximum atomic E-state index is 12.2. The first-order valence-electron chi connectivity index (χ1n) is 6.51. The summed E-state index contributed by atoms with van der Waals surface area (Å²) < 4.78 is 5.46. The number of para-hydroxylation sites is 1. The number of amides is 1. The van der Waals surface area contributed by atoms with Crippen molar-refractivity contribution in [2.45, 2.75) is 32.8 Å². The molecule has 1 rings (SSSR count). The fourth-order valence-electron chi connectivity index (χ4n) is 1.57. The van der Waals surface area contributed by atoms with E-state index in [1.165, 1.54) is 4.90 Å². The minimum Gasteiger partial charge on any atom is -0.481 e. The Hall–Kier alpha value is -1.88. The molecule has 110 valence electrons. The molecule has 0 bridgehead atoms. The van der Waals surface area contributed by atoms with Gasteiger partial charge in [0.1, 0.15) is 6.61 Å². The lowest BCUT2D eigenvalue weighted by atomic mass is 10.2. The molecule has 5 nitrogen and oxygen atoms in total. The van der Waals surface area contributed by atoms with Crippen LogP contribution in [0.15, 0.2) is 30.3 Å². The highest BCUT2D eigenvalue weighted by molar-refractivity contribution is 5.94. The van der Waals surface area contributed by atoms with Crippen LogP contribution in [0.3, 0.4) is 0 Å². The zero-order chi connectivity index (χ0) is 15.2. The van der Waals surface area contributed by atoms with Crippen LogP contribution >= 0.6 is 0 Å². The summed E-state index contributed by atoms with van der Waals surface area (Å²) >= 11 is 0. The van der Waals surface area contributed by atoms with Crippen LogP contribution in [0.1, 0.15) is 27.2 Å². The largest absolute Gasteiger partial charge is 0.481 e. The number of aliphatic carboxylic acids is 1. The molecule has 5 heteroatoms. The van der Waals surface area contributed by atoms with Crippen molar-refractivity contribution in [2.75, 3.05) is 18.1 Å². The molecule has 20 heavy (non-hydrogen) atoms. The van der Waals surface area contributed by atoms with Gasteiger partial charge in [-0.25, -0.2) is 0 Å². The quantitative estimate of drug-likeness (QED) is 0.867. The van der Waals surface area contributed by atoms with Crippen LogP contribution < -0.4 is 4.90 Å². The van der Waals surface area contributed by atoms with Crippen molar-refractivity contribution in [3.05, 3.63) is 30.3 Å². The van der Waals surface area contributed by atoms with Crippen LogP contribution in [0, 0.1) is 0 Å². The van der Waals surface area contributed by atoms with Gasteiger partial charge in [-0.2, -0.15) is 0 Å². The van der Waals surface area contributed by atoms with Crippen LogP contribution in [0.4, 0.5) is 5.69 Å². The Morgan fingerprint density at radius 3 is 2.30 bits per heavy atom. The van der Waals surface area contributed by atoms with E-state index >= 15 is 0 Å². The number of benzene rings is 1. The summed E-state index contributed by atoms with van der Waals surface area (Å²) in [6.45, 7) is 5.66. The fourth-order valence-corrected chi connectivity index (χ4v) is 1.57. The minimum atomic E-state index is -0.935. The summed E-state index contributed by atoms with van der Waals surface area (Å²) in [4.78, 5) is 24.4. The number of carboxylic acid groups (broad SMARTS) is 1. The Bertz CT molecular complexity index is 451. The number of hydrogen-bond donors (Lipinski definition) is 1. The second-order valence-corrected chi connectivity index (χ2v) is 5.43. The van der Waals surface area contributed by atoms with Gasteiger partial charge in [-0.15, -0.1) is 0 Å². The predicted octanol–water partition coefficient (Wildman–Crippen LogP) is 2.31. The zero-order valence-electron chi connectivity index (χ0n) is 12.1. The van der Waals surface area contributed by atoms with Gasteiger partial charge in [0.05, 0.1) is 12.0 Å². The Balaban J connectivity index is 2.77. The molecular weight excluding hydrogens is 258 g/mol. The molecule has 0 aliphatic heterocycles. The Kier molecular flexibility index (Phi) is 5.70. The first kappa shape index (κ1) is 16.2. The molecule has 1 aromatic carbocycles. The lowest BCUT2D eigenvalue weighted by Crippen LogP contribution is -2.37. The average molecular weight is 279 g/mol. The lowest BCUT2D eigenvalue weighted by molar-refractivity contribution is -0.136. The van der Waals surface area contributed by atoms with Gasteiger partial charge in [0.2, 0.25) is 0 Å². The molecule has 0 aromatic heterocycles. The molecule has 0 unspecified atom stereocenters. The van der Waals surface area contributed by atoms with E-state index < -0.39 is 11.6 Å². The molecule has 0 saturated heterocycles. The summed E-state index contributed by atoms with van der Waals surface area (Å²) in [6, 6.07) is 9.00. The van der Waals surface area contributed by atoms with Crippen molar-refractivity contribution >= 4 is 17.6 Å². The van der Waals surface area contributed by atoms with E-state index in [4.69, 9.17) is 9.84 Å². The van der Waals surface area contributed by atoms with Crippen LogP contribution in [0.2, 0.25) is 0 Å². The van der Waals surface area contributed by atoms with Gasteiger partial charge in [-0.05, 0) is 32.9 Å². The number of anilines is 1. The van der Waals surface area contributed by atoms with Gasteiger partial charge in [-0.1, -0.05) is 18.2 Å². The molecule has 0 atom stereocenters. The van der Waals surface area contributed by atoms with Gasteiger partial charge in [0.15, 0.2) is 0 Å². The smallest absolute Gasteiger partial charge is 0.305 e. The van der Waals surface area contributed by atoms with E-state index in [0.29, 0.717) is 5.69 Å². The van der Waals surface area contributed by atoms with Crippen molar-refractivity contribution in [1.29, 1.82) is 0 Å². The molecule has 0 aliphatic carbocycles. The van der Waals surface area contributed by atoms with E-state index in [-0.39, 0.29) is 25.5 Å². The number of nitrogens with zero attached hydrogens (tertiary/aromatic N) is 1. The van der Waals surface area contributed by atoms with Crippen molar-refractivity contribution in [3.63, 3.8) is 0 Å². The number of carbonyl (C=O) groups is 2. The highest BCUT2D eigenvalue weighted by atomic mass is 16.5. The Morgan fingerprint density at radius 2 is 1.80 bits per heavy atom. The summed E-state index contributed by atoms with van der Waals surface area (Å²) in [5, 5.41) is 8.78. The highest BCUT2D eigenvalue weighted by Gasteiger charge is 2.19. The molecule has 0 saturated carbocycles. The molecular formula is C15H21NO4. The number of hydrogen-bond acceptors (Lipinski definition) is 3. The summed E-state index contributed by atoms with van der Waals surface area (Å²) in [5.41, 5.74) is 0.265. The number of carboxylic acids is 1. The second kappa shape index (κ2) is 7.05. The number of carbonyl (C=O) groups excluding carboxylic acids is 1. The van der Waals surface area contributed by atoms with Crippen molar-refractivity contribution in [1.82, 2.24) is 0 Å². The fraction of sp³-hybridized carbons (Fsp3) is 0.467. The molecule has 0 heterocycles. The van der Waals surface area contributed by atoms with Gasteiger partial charge in [0.25, 0.3) is 5.91 Å². The number of ether oxygens (including phenoxy) is 1. The minimum absolute atomic E-state index is 0.0714. The van der Waals surface area contributed by atoms with Crippen LogP contribution in [0.5, 0.6) is 0 Å². The summed E-state index contributed by atoms with van der Waals surface area (Å²) in [6.07, 6.45) is -0.101. The van der Waals surface area contributed by atoms with Crippen LogP contribution in [-0.4, -0.2) is 35.7 Å². The van der Waals surface area contributed by atoms with Crippen molar-refractivity contribution in [2.24, 2.45) is 0 Å². The molecule has 0 fully saturated rings. The first-order chi connectivity index (χ1) is 9.29. The lowest BCUT2D eigenvalue weighted by Gasteiger charge is -2.25. The number of rotatable bonds is 6. The molecule has 0 spiro atoms. The van der Waals surface area contributed by atoms with Gasteiger partial charge >= 0.3 is 5.97 Å². The van der Waals surface area contributed by atoms with Gasteiger partial charge < -0.3 is 14.7 Å².